The second-order valence-corrected chi connectivity index (χ2v) is 4.11. The first kappa shape index (κ1) is 14.5. The van der Waals surface area contributed by atoms with Crippen LogP contribution >= 0.6 is 0 Å². The van der Waals surface area contributed by atoms with Gasteiger partial charge in [0.05, 0.1) is 12.8 Å². The van der Waals surface area contributed by atoms with Gasteiger partial charge in [-0.05, 0) is 30.3 Å². The molecule has 0 amide bonds. The average molecular weight is 285 g/mol. The zero-order valence-electron chi connectivity index (χ0n) is 10.8. The third kappa shape index (κ3) is 3.77. The highest BCUT2D eigenvalue weighted by Gasteiger charge is 2.30. The molecule has 0 spiro atoms. The predicted molar refractivity (Wildman–Crippen MR) is 68.2 cm³/mol. The molecule has 1 N–H and O–H groups in total. The highest BCUT2D eigenvalue weighted by atomic mass is 19.4. The molecule has 0 aliphatic heterocycles. The van der Waals surface area contributed by atoms with Crippen molar-refractivity contribution in [2.75, 3.05) is 6.54 Å². The fourth-order valence-electron chi connectivity index (χ4n) is 1.81. The molecule has 0 saturated carbocycles. The van der Waals surface area contributed by atoms with Gasteiger partial charge in [-0.3, -0.25) is 0 Å². The molecule has 2 aromatic rings. The van der Waals surface area contributed by atoms with Crippen LogP contribution in [-0.2, 0) is 6.54 Å². The van der Waals surface area contributed by atoms with Crippen LogP contribution in [0.25, 0.3) is 11.1 Å². The topological polar surface area (TPSA) is 34.4 Å². The summed E-state index contributed by atoms with van der Waals surface area (Å²) in [4.78, 5) is 0. The van der Waals surface area contributed by atoms with Crippen molar-refractivity contribution in [1.82, 2.24) is 5.32 Å². The van der Waals surface area contributed by atoms with Crippen LogP contribution in [0.2, 0.25) is 0 Å². The first-order chi connectivity index (χ1) is 9.49. The summed E-state index contributed by atoms with van der Waals surface area (Å²) in [5.74, 6) is 0.509. The SMILES string of the molecule is CCNCc1occc1-c1ccc(OC(F)(F)F)cc1. The minimum atomic E-state index is -4.67. The summed E-state index contributed by atoms with van der Waals surface area (Å²) in [6, 6.07) is 7.49. The average Bonchev–Trinajstić information content (AvgIpc) is 2.83. The van der Waals surface area contributed by atoms with Gasteiger partial charge in [0.25, 0.3) is 0 Å². The Kier molecular flexibility index (Phi) is 4.34. The fraction of sp³-hybridized carbons (Fsp3) is 0.286. The van der Waals surface area contributed by atoms with Gasteiger partial charge in [0.15, 0.2) is 0 Å². The van der Waals surface area contributed by atoms with Gasteiger partial charge in [-0.15, -0.1) is 13.2 Å². The van der Waals surface area contributed by atoms with Crippen molar-refractivity contribution in [3.8, 4) is 16.9 Å². The van der Waals surface area contributed by atoms with Gasteiger partial charge in [-0.2, -0.15) is 0 Å². The monoisotopic (exact) mass is 285 g/mol. The van der Waals surface area contributed by atoms with Crippen molar-refractivity contribution in [2.24, 2.45) is 0 Å². The van der Waals surface area contributed by atoms with Gasteiger partial charge in [0.1, 0.15) is 11.5 Å². The van der Waals surface area contributed by atoms with E-state index >= 15 is 0 Å². The standard InChI is InChI=1S/C14H14F3NO2/c1-2-18-9-13-12(7-8-19-13)10-3-5-11(6-4-10)20-14(15,16)17/h3-8,18H,2,9H2,1H3. The Balaban J connectivity index is 2.16. The van der Waals surface area contributed by atoms with Crippen LogP contribution in [0.3, 0.4) is 0 Å². The van der Waals surface area contributed by atoms with E-state index in [1.54, 1.807) is 24.5 Å². The van der Waals surface area contributed by atoms with Gasteiger partial charge in [0.2, 0.25) is 0 Å². The maximum atomic E-state index is 12.1. The molecule has 0 unspecified atom stereocenters. The van der Waals surface area contributed by atoms with E-state index in [-0.39, 0.29) is 5.75 Å². The van der Waals surface area contributed by atoms with Crippen molar-refractivity contribution in [2.45, 2.75) is 19.8 Å². The maximum absolute atomic E-state index is 12.1. The second-order valence-electron chi connectivity index (χ2n) is 4.11. The lowest BCUT2D eigenvalue weighted by atomic mass is 10.1. The molecule has 2 rings (SSSR count). The summed E-state index contributed by atoms with van der Waals surface area (Å²) in [5, 5.41) is 3.14. The first-order valence-corrected chi connectivity index (χ1v) is 6.13. The minimum Gasteiger partial charge on any atom is -0.467 e. The Morgan fingerprint density at radius 3 is 2.45 bits per heavy atom. The van der Waals surface area contributed by atoms with Crippen LogP contribution in [0.4, 0.5) is 13.2 Å². The number of ether oxygens (including phenoxy) is 1. The Labute approximate surface area is 114 Å². The lowest BCUT2D eigenvalue weighted by molar-refractivity contribution is -0.274. The van der Waals surface area contributed by atoms with Gasteiger partial charge < -0.3 is 14.5 Å². The van der Waals surface area contributed by atoms with E-state index < -0.39 is 6.36 Å². The molecule has 0 bridgehead atoms. The van der Waals surface area contributed by atoms with Crippen molar-refractivity contribution < 1.29 is 22.3 Å². The minimum absolute atomic E-state index is 0.238. The fourth-order valence-corrected chi connectivity index (χ4v) is 1.81. The summed E-state index contributed by atoms with van der Waals surface area (Å²) < 4.78 is 45.4. The third-order valence-electron chi connectivity index (χ3n) is 2.68. The molecule has 0 fully saturated rings. The summed E-state index contributed by atoms with van der Waals surface area (Å²) in [6.07, 6.45) is -3.12. The molecule has 0 radical (unpaired) electrons. The normalized spacial score (nSPS) is 11.6. The van der Waals surface area contributed by atoms with Gasteiger partial charge in [-0.1, -0.05) is 19.1 Å². The van der Waals surface area contributed by atoms with E-state index in [0.717, 1.165) is 23.4 Å². The molecule has 6 heteroatoms. The summed E-state index contributed by atoms with van der Waals surface area (Å²) in [6.45, 7) is 3.35. The lowest BCUT2D eigenvalue weighted by Crippen LogP contribution is -2.16. The molecule has 1 aromatic heterocycles. The van der Waals surface area contributed by atoms with E-state index in [1.807, 2.05) is 6.92 Å². The van der Waals surface area contributed by atoms with Crippen LogP contribution in [0, 0.1) is 0 Å². The molecular formula is C14H14F3NO2. The zero-order chi connectivity index (χ0) is 14.6. The van der Waals surface area contributed by atoms with Crippen LogP contribution in [0.1, 0.15) is 12.7 Å². The number of alkyl halides is 3. The number of halogens is 3. The molecule has 1 aromatic carbocycles. The Morgan fingerprint density at radius 2 is 1.85 bits per heavy atom. The molecule has 0 saturated heterocycles. The van der Waals surface area contributed by atoms with Crippen LogP contribution in [0.15, 0.2) is 41.0 Å². The van der Waals surface area contributed by atoms with Gasteiger partial charge in [0, 0.05) is 5.56 Å². The largest absolute Gasteiger partial charge is 0.573 e. The summed E-state index contributed by atoms with van der Waals surface area (Å²) >= 11 is 0. The molecule has 0 aliphatic rings. The van der Waals surface area contributed by atoms with Crippen molar-refractivity contribution >= 4 is 0 Å². The van der Waals surface area contributed by atoms with E-state index in [1.165, 1.54) is 12.1 Å². The van der Waals surface area contributed by atoms with Crippen molar-refractivity contribution in [1.29, 1.82) is 0 Å². The van der Waals surface area contributed by atoms with Crippen molar-refractivity contribution in [3.05, 3.63) is 42.4 Å². The second kappa shape index (κ2) is 6.00. The maximum Gasteiger partial charge on any atom is 0.573 e. The zero-order valence-corrected chi connectivity index (χ0v) is 10.8. The molecule has 0 atom stereocenters. The number of nitrogens with one attached hydrogen (secondary N) is 1. The molecule has 3 nitrogen and oxygen atoms in total. The third-order valence-corrected chi connectivity index (χ3v) is 2.68. The van der Waals surface area contributed by atoms with Crippen LogP contribution in [-0.4, -0.2) is 12.9 Å². The van der Waals surface area contributed by atoms with Gasteiger partial charge in [-0.25, -0.2) is 0 Å². The molecular weight excluding hydrogens is 271 g/mol. The summed E-state index contributed by atoms with van der Waals surface area (Å²) in [7, 11) is 0. The number of furan rings is 1. The Bertz CT molecular complexity index is 546. The summed E-state index contributed by atoms with van der Waals surface area (Å²) in [5.41, 5.74) is 1.63. The van der Waals surface area contributed by atoms with Crippen LogP contribution < -0.4 is 10.1 Å². The first-order valence-electron chi connectivity index (χ1n) is 6.13. The van der Waals surface area contributed by atoms with Gasteiger partial charge >= 0.3 is 6.36 Å². The molecule has 20 heavy (non-hydrogen) atoms. The molecule has 1 heterocycles. The number of benzene rings is 1. The number of rotatable bonds is 5. The van der Waals surface area contributed by atoms with E-state index in [0.29, 0.717) is 6.54 Å². The van der Waals surface area contributed by atoms with E-state index in [9.17, 15) is 13.2 Å². The predicted octanol–water partition coefficient (Wildman–Crippen LogP) is 3.95. The quantitative estimate of drug-likeness (QED) is 0.903. The van der Waals surface area contributed by atoms with E-state index in [2.05, 4.69) is 10.1 Å². The lowest BCUT2D eigenvalue weighted by Gasteiger charge is -2.09. The Morgan fingerprint density at radius 1 is 1.15 bits per heavy atom. The van der Waals surface area contributed by atoms with Crippen LogP contribution in [0.5, 0.6) is 5.75 Å². The number of hydrogen-bond acceptors (Lipinski definition) is 3. The van der Waals surface area contributed by atoms with E-state index in [4.69, 9.17) is 4.42 Å². The molecule has 108 valence electrons. The molecule has 0 aliphatic carbocycles. The number of hydrogen-bond donors (Lipinski definition) is 1. The Hall–Kier alpha value is -1.95. The smallest absolute Gasteiger partial charge is 0.467 e. The highest BCUT2D eigenvalue weighted by molar-refractivity contribution is 5.66. The van der Waals surface area contributed by atoms with Crippen molar-refractivity contribution in [3.63, 3.8) is 0 Å². The highest BCUT2D eigenvalue weighted by Crippen LogP contribution is 2.28.